The van der Waals surface area contributed by atoms with E-state index in [9.17, 15) is 9.59 Å². The van der Waals surface area contributed by atoms with Gasteiger partial charge in [-0.3, -0.25) is 9.48 Å². The molecule has 3 saturated heterocycles. The van der Waals surface area contributed by atoms with Gasteiger partial charge in [-0.1, -0.05) is 24.3 Å². The van der Waals surface area contributed by atoms with Crippen molar-refractivity contribution in [1.29, 1.82) is 0 Å². The molecular weight excluding hydrogens is 394 g/mol. The molecule has 0 aliphatic carbocycles. The van der Waals surface area contributed by atoms with Crippen LogP contribution in [0.1, 0.15) is 30.7 Å². The molecule has 164 valence electrons. The van der Waals surface area contributed by atoms with Crippen LogP contribution in [0.15, 0.2) is 36.5 Å². The smallest absolute Gasteiger partial charge is 0.320 e. The number of rotatable bonds is 2. The molecule has 0 bridgehead atoms. The molecule has 4 heterocycles. The van der Waals surface area contributed by atoms with Crippen molar-refractivity contribution in [2.24, 2.45) is 7.05 Å². The highest BCUT2D eigenvalue weighted by atomic mass is 16.5. The molecule has 3 aliphatic rings. The maximum Gasteiger partial charge on any atom is 0.320 e. The third-order valence-corrected chi connectivity index (χ3v) is 6.86. The van der Waals surface area contributed by atoms with E-state index in [2.05, 4.69) is 34.7 Å². The van der Waals surface area contributed by atoms with E-state index in [0.29, 0.717) is 19.0 Å². The van der Waals surface area contributed by atoms with E-state index < -0.39 is 0 Å². The van der Waals surface area contributed by atoms with Crippen LogP contribution in [0.5, 0.6) is 0 Å². The van der Waals surface area contributed by atoms with Gasteiger partial charge in [-0.2, -0.15) is 5.10 Å². The molecule has 0 radical (unpaired) electrons. The highest BCUT2D eigenvalue weighted by Gasteiger charge is 2.38. The summed E-state index contributed by atoms with van der Waals surface area (Å²) in [5, 5.41) is 7.21. The molecule has 1 aromatic heterocycles. The molecule has 0 saturated carbocycles. The summed E-state index contributed by atoms with van der Waals surface area (Å²) in [5.41, 5.74) is 3.61. The molecule has 8 heteroatoms. The van der Waals surface area contributed by atoms with Crippen LogP contribution in [-0.2, 0) is 16.6 Å². The quantitative estimate of drug-likeness (QED) is 0.801. The summed E-state index contributed by atoms with van der Waals surface area (Å²) >= 11 is 0. The number of amides is 3. The van der Waals surface area contributed by atoms with Gasteiger partial charge in [0, 0.05) is 39.4 Å². The summed E-state index contributed by atoms with van der Waals surface area (Å²) in [4.78, 5) is 28.5. The molecule has 8 nitrogen and oxygen atoms in total. The second-order valence-corrected chi connectivity index (χ2v) is 8.76. The van der Waals surface area contributed by atoms with Crippen molar-refractivity contribution in [2.45, 2.75) is 37.3 Å². The number of likely N-dealkylation sites (tertiary alicyclic amines) is 2. The van der Waals surface area contributed by atoms with Crippen molar-refractivity contribution < 1.29 is 14.3 Å². The second-order valence-electron chi connectivity index (χ2n) is 8.76. The first-order chi connectivity index (χ1) is 15.1. The van der Waals surface area contributed by atoms with Crippen LogP contribution in [0.25, 0.3) is 11.3 Å². The lowest BCUT2D eigenvalue weighted by molar-refractivity contribution is -0.139. The molecule has 3 aliphatic heterocycles. The summed E-state index contributed by atoms with van der Waals surface area (Å²) < 4.78 is 7.48. The van der Waals surface area contributed by atoms with Crippen LogP contribution in [0.3, 0.4) is 0 Å². The van der Waals surface area contributed by atoms with Crippen LogP contribution in [0, 0.1) is 0 Å². The molecule has 2 aromatic rings. The molecule has 0 spiro atoms. The van der Waals surface area contributed by atoms with E-state index in [1.807, 2.05) is 33.8 Å². The highest BCUT2D eigenvalue weighted by molar-refractivity contribution is 5.79. The number of carbonyl (C=O) groups is 2. The highest BCUT2D eigenvalue weighted by Crippen LogP contribution is 2.30. The molecule has 3 amide bonds. The summed E-state index contributed by atoms with van der Waals surface area (Å²) in [6.07, 6.45) is 4.55. The normalized spacial score (nSPS) is 24.6. The van der Waals surface area contributed by atoms with Gasteiger partial charge in [0.25, 0.3) is 0 Å². The summed E-state index contributed by atoms with van der Waals surface area (Å²) in [6, 6.07) is 10.8. The number of benzene rings is 1. The zero-order valence-electron chi connectivity index (χ0n) is 17.9. The van der Waals surface area contributed by atoms with Gasteiger partial charge in [0.05, 0.1) is 17.8 Å². The summed E-state index contributed by atoms with van der Waals surface area (Å²) in [6.45, 7) is 2.88. The van der Waals surface area contributed by atoms with Gasteiger partial charge < -0.3 is 19.9 Å². The van der Waals surface area contributed by atoms with Gasteiger partial charge in [-0.25, -0.2) is 4.79 Å². The minimum atomic E-state index is -0.0919. The van der Waals surface area contributed by atoms with Gasteiger partial charge >= 0.3 is 6.03 Å². The molecule has 1 aromatic carbocycles. The van der Waals surface area contributed by atoms with Crippen molar-refractivity contribution in [3.05, 3.63) is 42.1 Å². The number of nitrogens with zero attached hydrogens (tertiary/aromatic N) is 4. The van der Waals surface area contributed by atoms with Crippen LogP contribution in [-0.4, -0.2) is 76.5 Å². The topological polar surface area (TPSA) is 79.7 Å². The van der Waals surface area contributed by atoms with Crippen molar-refractivity contribution in [3.63, 3.8) is 0 Å². The van der Waals surface area contributed by atoms with Gasteiger partial charge in [-0.15, -0.1) is 0 Å². The Kier molecular flexibility index (Phi) is 5.40. The third kappa shape index (κ3) is 4.04. The van der Waals surface area contributed by atoms with Gasteiger partial charge in [-0.05, 0) is 42.4 Å². The van der Waals surface area contributed by atoms with E-state index in [1.54, 1.807) is 0 Å². The molecule has 3 fully saturated rings. The minimum Gasteiger partial charge on any atom is -0.366 e. The lowest BCUT2D eigenvalue weighted by Crippen LogP contribution is -2.62. The molecule has 2 atom stereocenters. The standard InChI is InChI=1S/C23H29N5O3/c1-26-20(6-10-24-26)18-4-2-16(3-5-18)17-7-11-27(12-8-17)23(30)28-13-9-21-19(14-28)25-22(29)15-31-21/h2-6,10,17,19,21H,7-9,11-15H2,1H3,(H,25,29)/t19-,21+/m1/s1. The Hall–Kier alpha value is -2.87. The van der Waals surface area contributed by atoms with Crippen molar-refractivity contribution in [3.8, 4) is 11.3 Å². The average molecular weight is 424 g/mol. The Bertz CT molecular complexity index is 948. The molecule has 1 N–H and O–H groups in total. The number of urea groups is 1. The van der Waals surface area contributed by atoms with E-state index in [1.165, 1.54) is 11.1 Å². The van der Waals surface area contributed by atoms with Crippen molar-refractivity contribution in [1.82, 2.24) is 24.9 Å². The Morgan fingerprint density at radius 1 is 1.06 bits per heavy atom. The van der Waals surface area contributed by atoms with Crippen LogP contribution in [0.2, 0.25) is 0 Å². The number of hydrogen-bond acceptors (Lipinski definition) is 4. The maximum absolute atomic E-state index is 13.1. The van der Waals surface area contributed by atoms with Gasteiger partial charge in [0.2, 0.25) is 5.91 Å². The maximum atomic E-state index is 13.1. The van der Waals surface area contributed by atoms with Gasteiger partial charge in [0.1, 0.15) is 6.61 Å². The van der Waals surface area contributed by atoms with E-state index in [-0.39, 0.29) is 30.7 Å². The number of piperidine rings is 2. The number of fused-ring (bicyclic) bond motifs is 1. The lowest BCUT2D eigenvalue weighted by Gasteiger charge is -2.43. The van der Waals surface area contributed by atoms with Crippen molar-refractivity contribution >= 4 is 11.9 Å². The van der Waals surface area contributed by atoms with Gasteiger partial charge in [0.15, 0.2) is 0 Å². The zero-order chi connectivity index (χ0) is 21.4. The Labute approximate surface area is 182 Å². The predicted octanol–water partition coefficient (Wildman–Crippen LogP) is 1.98. The Balaban J connectivity index is 1.16. The first-order valence-electron chi connectivity index (χ1n) is 11.1. The number of carbonyl (C=O) groups excluding carboxylic acids is 2. The summed E-state index contributed by atoms with van der Waals surface area (Å²) in [7, 11) is 1.95. The molecular formula is C23H29N5O3. The average Bonchev–Trinajstić information content (AvgIpc) is 3.24. The van der Waals surface area contributed by atoms with E-state index in [0.717, 1.165) is 38.0 Å². The Morgan fingerprint density at radius 3 is 2.52 bits per heavy atom. The fourth-order valence-corrected chi connectivity index (χ4v) is 5.06. The third-order valence-electron chi connectivity index (χ3n) is 6.86. The number of ether oxygens (including phenoxy) is 1. The monoisotopic (exact) mass is 423 g/mol. The predicted molar refractivity (Wildman–Crippen MR) is 115 cm³/mol. The zero-order valence-corrected chi connectivity index (χ0v) is 17.9. The number of nitrogens with one attached hydrogen (secondary N) is 1. The first-order valence-corrected chi connectivity index (χ1v) is 11.1. The number of hydrogen-bond donors (Lipinski definition) is 1. The Morgan fingerprint density at radius 2 is 1.81 bits per heavy atom. The number of aromatic nitrogens is 2. The minimum absolute atomic E-state index is 0.0294. The van der Waals surface area contributed by atoms with E-state index >= 15 is 0 Å². The fraction of sp³-hybridized carbons (Fsp3) is 0.522. The lowest BCUT2D eigenvalue weighted by atomic mass is 9.89. The SMILES string of the molecule is Cn1nccc1-c1ccc(C2CCN(C(=O)N3CC[C@@H]4OCC(=O)N[C@@H]4C3)CC2)cc1. The number of aryl methyl sites for hydroxylation is 1. The molecule has 31 heavy (non-hydrogen) atoms. The van der Waals surface area contributed by atoms with Crippen LogP contribution >= 0.6 is 0 Å². The van der Waals surface area contributed by atoms with Crippen molar-refractivity contribution in [2.75, 3.05) is 32.8 Å². The molecule has 0 unspecified atom stereocenters. The van der Waals surface area contributed by atoms with Crippen LogP contribution in [0.4, 0.5) is 4.79 Å². The summed E-state index contributed by atoms with van der Waals surface area (Å²) in [5.74, 6) is 0.382. The largest absolute Gasteiger partial charge is 0.366 e. The number of morpholine rings is 1. The van der Waals surface area contributed by atoms with Crippen LogP contribution < -0.4 is 5.32 Å². The van der Waals surface area contributed by atoms with E-state index in [4.69, 9.17) is 4.74 Å². The fourth-order valence-electron chi connectivity index (χ4n) is 5.06. The first kappa shape index (κ1) is 20.1. The second kappa shape index (κ2) is 8.34. The molecule has 5 rings (SSSR count).